The number of hydrogen-bond donors (Lipinski definition) is 2. The lowest BCUT2D eigenvalue weighted by atomic mass is 9.93. The second kappa shape index (κ2) is 3.53. The fraction of sp³-hybridized carbons (Fsp3) is 0.571. The Balaban J connectivity index is 2.67. The van der Waals surface area contributed by atoms with Crippen LogP contribution in [-0.2, 0) is 11.3 Å². The highest BCUT2D eigenvalue weighted by atomic mass is 16.2. The number of nitrogens with two attached hydrogens (primary N) is 1. The van der Waals surface area contributed by atoms with E-state index in [0.717, 1.165) is 0 Å². The van der Waals surface area contributed by atoms with Crippen molar-refractivity contribution in [1.82, 2.24) is 20.2 Å². The lowest BCUT2D eigenvalue weighted by Gasteiger charge is -2.21. The van der Waals surface area contributed by atoms with Crippen LogP contribution in [0.3, 0.4) is 0 Å². The monoisotopic (exact) mass is 183 g/mol. The molecular weight excluding hydrogens is 170 g/mol. The van der Waals surface area contributed by atoms with E-state index in [1.807, 2.05) is 0 Å². The molecule has 1 rings (SSSR count). The van der Waals surface area contributed by atoms with Crippen molar-refractivity contribution in [3.63, 3.8) is 0 Å². The highest BCUT2D eigenvalue weighted by Crippen LogP contribution is 2.16. The molecule has 13 heavy (non-hydrogen) atoms. The molecule has 72 valence electrons. The van der Waals surface area contributed by atoms with E-state index in [-0.39, 0.29) is 5.91 Å². The Bertz CT molecular complexity index is 279. The molecule has 1 heterocycles. The molecule has 3 N–H and O–H groups in total. The Morgan fingerprint density at radius 3 is 2.85 bits per heavy atom. The van der Waals surface area contributed by atoms with Gasteiger partial charge in [0.2, 0.25) is 5.91 Å². The van der Waals surface area contributed by atoms with Crippen molar-refractivity contribution in [1.29, 1.82) is 0 Å². The number of aromatic nitrogens is 3. The van der Waals surface area contributed by atoms with Crippen molar-refractivity contribution in [3.05, 3.63) is 12.7 Å². The Labute approximate surface area is 76.1 Å². The van der Waals surface area contributed by atoms with Crippen LogP contribution in [0.2, 0.25) is 0 Å². The Morgan fingerprint density at radius 2 is 2.38 bits per heavy atom. The smallest absolute Gasteiger partial charge is 0.241 e. The van der Waals surface area contributed by atoms with Crippen LogP contribution in [0, 0.1) is 5.41 Å². The number of carbonyl (C=O) groups excluding carboxylic acids is 1. The summed E-state index contributed by atoms with van der Waals surface area (Å²) in [6.07, 6.45) is 2.99. The van der Waals surface area contributed by atoms with Crippen LogP contribution >= 0.6 is 0 Å². The maximum absolute atomic E-state index is 11.3. The lowest BCUT2D eigenvalue weighted by molar-refractivity contribution is -0.130. The summed E-state index contributed by atoms with van der Waals surface area (Å²) in [6.45, 7) is 4.03. The first-order valence-electron chi connectivity index (χ1n) is 3.90. The number of hydrazine groups is 1. The molecule has 0 fully saturated rings. The van der Waals surface area contributed by atoms with Gasteiger partial charge >= 0.3 is 0 Å². The molecule has 6 nitrogen and oxygen atoms in total. The third-order valence-corrected chi connectivity index (χ3v) is 1.77. The number of carbonyl (C=O) groups is 1. The van der Waals surface area contributed by atoms with Crippen LogP contribution in [0.15, 0.2) is 12.7 Å². The first-order chi connectivity index (χ1) is 6.06. The van der Waals surface area contributed by atoms with Crippen LogP contribution in [0.25, 0.3) is 0 Å². The summed E-state index contributed by atoms with van der Waals surface area (Å²) in [4.78, 5) is 15.0. The minimum Gasteiger partial charge on any atom is -0.294 e. The molecule has 6 heteroatoms. The molecule has 1 amide bonds. The minimum atomic E-state index is -0.581. The quantitative estimate of drug-likeness (QED) is 0.368. The predicted molar refractivity (Wildman–Crippen MR) is 46.1 cm³/mol. The van der Waals surface area contributed by atoms with Gasteiger partial charge in [0, 0.05) is 0 Å². The van der Waals surface area contributed by atoms with Crippen molar-refractivity contribution in [3.8, 4) is 0 Å². The van der Waals surface area contributed by atoms with Gasteiger partial charge in [0.25, 0.3) is 0 Å². The summed E-state index contributed by atoms with van der Waals surface area (Å²) >= 11 is 0. The molecule has 0 aromatic carbocycles. The molecule has 0 spiro atoms. The van der Waals surface area contributed by atoms with Crippen LogP contribution in [0.4, 0.5) is 0 Å². The minimum absolute atomic E-state index is 0.219. The standard InChI is InChI=1S/C7H13N5O/c1-7(2,6(13)11-8)3-12-5-9-4-10-12/h4-5H,3,8H2,1-2H3,(H,11,13). The highest BCUT2D eigenvalue weighted by molar-refractivity contribution is 5.81. The summed E-state index contributed by atoms with van der Waals surface area (Å²) in [7, 11) is 0. The first-order valence-corrected chi connectivity index (χ1v) is 3.90. The van der Waals surface area contributed by atoms with E-state index in [1.165, 1.54) is 6.33 Å². The maximum Gasteiger partial charge on any atom is 0.241 e. The summed E-state index contributed by atoms with van der Waals surface area (Å²) < 4.78 is 1.59. The van der Waals surface area contributed by atoms with E-state index in [4.69, 9.17) is 5.84 Å². The van der Waals surface area contributed by atoms with Crippen LogP contribution in [0.1, 0.15) is 13.8 Å². The lowest BCUT2D eigenvalue weighted by Crippen LogP contribution is -2.43. The number of hydrogen-bond acceptors (Lipinski definition) is 4. The van der Waals surface area contributed by atoms with Gasteiger partial charge in [-0.25, -0.2) is 10.8 Å². The van der Waals surface area contributed by atoms with Gasteiger partial charge < -0.3 is 0 Å². The van der Waals surface area contributed by atoms with Crippen LogP contribution < -0.4 is 11.3 Å². The average Bonchev–Trinajstić information content (AvgIpc) is 2.54. The third-order valence-electron chi connectivity index (χ3n) is 1.77. The number of nitrogens with zero attached hydrogens (tertiary/aromatic N) is 3. The summed E-state index contributed by atoms with van der Waals surface area (Å²) in [5.74, 6) is 4.82. The maximum atomic E-state index is 11.3. The summed E-state index contributed by atoms with van der Waals surface area (Å²) in [5, 5.41) is 3.90. The zero-order valence-corrected chi connectivity index (χ0v) is 7.69. The molecule has 0 aliphatic heterocycles. The molecule has 0 aliphatic rings. The van der Waals surface area contributed by atoms with Crippen molar-refractivity contribution in [2.75, 3.05) is 0 Å². The van der Waals surface area contributed by atoms with Gasteiger partial charge in [-0.15, -0.1) is 0 Å². The van der Waals surface area contributed by atoms with Gasteiger partial charge in [0.1, 0.15) is 12.7 Å². The van der Waals surface area contributed by atoms with Crippen molar-refractivity contribution in [2.24, 2.45) is 11.3 Å². The molecule has 0 saturated carbocycles. The first kappa shape index (κ1) is 9.66. The Morgan fingerprint density at radius 1 is 1.69 bits per heavy atom. The van der Waals surface area contributed by atoms with Crippen LogP contribution in [-0.4, -0.2) is 20.7 Å². The molecule has 0 unspecified atom stereocenters. The normalized spacial score (nSPS) is 11.3. The van der Waals surface area contributed by atoms with E-state index >= 15 is 0 Å². The van der Waals surface area contributed by atoms with Gasteiger partial charge in [-0.1, -0.05) is 0 Å². The van der Waals surface area contributed by atoms with E-state index in [1.54, 1.807) is 24.9 Å². The molecule has 0 aliphatic carbocycles. The topological polar surface area (TPSA) is 85.8 Å². The molecule has 0 bridgehead atoms. The van der Waals surface area contributed by atoms with E-state index in [0.29, 0.717) is 6.54 Å². The van der Waals surface area contributed by atoms with Crippen LogP contribution in [0.5, 0.6) is 0 Å². The SMILES string of the molecule is CC(C)(Cn1cncn1)C(=O)NN. The molecule has 0 saturated heterocycles. The van der Waals surface area contributed by atoms with E-state index < -0.39 is 5.41 Å². The van der Waals surface area contributed by atoms with E-state index in [9.17, 15) is 4.79 Å². The second-order valence-corrected chi connectivity index (χ2v) is 3.45. The van der Waals surface area contributed by atoms with E-state index in [2.05, 4.69) is 15.5 Å². The number of amides is 1. The molecular formula is C7H13N5O. The van der Waals surface area contributed by atoms with Crippen molar-refractivity contribution in [2.45, 2.75) is 20.4 Å². The third kappa shape index (κ3) is 2.25. The molecule has 1 aromatic rings. The average molecular weight is 183 g/mol. The Kier molecular flexibility index (Phi) is 2.62. The van der Waals surface area contributed by atoms with Crippen molar-refractivity contribution < 1.29 is 4.79 Å². The van der Waals surface area contributed by atoms with Gasteiger partial charge in [-0.2, -0.15) is 5.10 Å². The molecule has 1 aromatic heterocycles. The fourth-order valence-electron chi connectivity index (χ4n) is 0.987. The van der Waals surface area contributed by atoms with Gasteiger partial charge in [0.05, 0.1) is 12.0 Å². The second-order valence-electron chi connectivity index (χ2n) is 3.45. The predicted octanol–water partition coefficient (Wildman–Crippen LogP) is -0.706. The number of rotatable bonds is 3. The molecule has 0 atom stereocenters. The number of nitrogens with one attached hydrogen (secondary N) is 1. The zero-order valence-electron chi connectivity index (χ0n) is 7.69. The van der Waals surface area contributed by atoms with Gasteiger partial charge in [-0.05, 0) is 13.8 Å². The van der Waals surface area contributed by atoms with Gasteiger partial charge in [-0.3, -0.25) is 14.9 Å². The molecule has 0 radical (unpaired) electrons. The van der Waals surface area contributed by atoms with Crippen molar-refractivity contribution >= 4 is 5.91 Å². The highest BCUT2D eigenvalue weighted by Gasteiger charge is 2.27. The zero-order chi connectivity index (χ0) is 9.90. The van der Waals surface area contributed by atoms with Gasteiger partial charge in [0.15, 0.2) is 0 Å². The summed E-state index contributed by atoms with van der Waals surface area (Å²) in [5.41, 5.74) is 1.54. The largest absolute Gasteiger partial charge is 0.294 e. The fourth-order valence-corrected chi connectivity index (χ4v) is 0.987. The Hall–Kier alpha value is -1.43. The summed E-state index contributed by atoms with van der Waals surface area (Å²) in [6, 6.07) is 0.